The van der Waals surface area contributed by atoms with Crippen molar-refractivity contribution in [1.82, 2.24) is 5.32 Å². The second-order valence-corrected chi connectivity index (χ2v) is 2.35. The molecule has 1 aliphatic heterocycles. The van der Waals surface area contributed by atoms with Crippen molar-refractivity contribution in [2.45, 2.75) is 24.9 Å². The van der Waals surface area contributed by atoms with Gasteiger partial charge < -0.3 is 5.11 Å². The minimum Gasteiger partial charge on any atom is -0.480 e. The molecule has 0 spiro atoms. The van der Waals surface area contributed by atoms with E-state index in [4.69, 9.17) is 11.5 Å². The summed E-state index contributed by atoms with van der Waals surface area (Å²) in [6.45, 7) is 0. The van der Waals surface area contributed by atoms with Crippen molar-refractivity contribution in [3.63, 3.8) is 0 Å². The summed E-state index contributed by atoms with van der Waals surface area (Å²) in [5.41, 5.74) is 0. The van der Waals surface area contributed by atoms with Gasteiger partial charge in [0.1, 0.15) is 6.04 Å². The maximum atomic E-state index is 10.3. The van der Waals surface area contributed by atoms with E-state index in [0.717, 1.165) is 6.42 Å². The van der Waals surface area contributed by atoms with Crippen molar-refractivity contribution in [1.29, 1.82) is 0 Å². The molecule has 3 heteroatoms. The number of hydrogen-bond donors (Lipinski definition) is 2. The van der Waals surface area contributed by atoms with Crippen LogP contribution in [0.1, 0.15) is 12.8 Å². The third-order valence-corrected chi connectivity index (χ3v) is 1.65. The second kappa shape index (κ2) is 2.72. The van der Waals surface area contributed by atoms with Gasteiger partial charge in [-0.2, -0.15) is 0 Å². The molecule has 10 heavy (non-hydrogen) atoms. The zero-order valence-electron chi connectivity index (χ0n) is 5.50. The van der Waals surface area contributed by atoms with Crippen LogP contribution in [0.2, 0.25) is 0 Å². The van der Waals surface area contributed by atoms with E-state index >= 15 is 0 Å². The molecule has 0 amide bonds. The highest BCUT2D eigenvalue weighted by Crippen LogP contribution is 2.10. The Morgan fingerprint density at radius 3 is 2.70 bits per heavy atom. The van der Waals surface area contributed by atoms with Crippen LogP contribution in [0.5, 0.6) is 0 Å². The number of aliphatic carboxylic acids is 1. The topological polar surface area (TPSA) is 49.3 Å². The van der Waals surface area contributed by atoms with Gasteiger partial charge in [-0.3, -0.25) is 10.1 Å². The second-order valence-electron chi connectivity index (χ2n) is 2.35. The quantitative estimate of drug-likeness (QED) is 0.496. The van der Waals surface area contributed by atoms with Gasteiger partial charge in [-0.05, 0) is 12.8 Å². The van der Waals surface area contributed by atoms with E-state index in [1.165, 1.54) is 0 Å². The zero-order chi connectivity index (χ0) is 7.56. The molecule has 0 aliphatic carbocycles. The summed E-state index contributed by atoms with van der Waals surface area (Å²) in [6.07, 6.45) is 6.51. The van der Waals surface area contributed by atoms with Crippen LogP contribution in [-0.4, -0.2) is 23.2 Å². The lowest BCUT2D eigenvalue weighted by molar-refractivity contribution is -0.139. The van der Waals surface area contributed by atoms with Crippen LogP contribution >= 0.6 is 0 Å². The molecule has 54 valence electrons. The lowest BCUT2D eigenvalue weighted by Gasteiger charge is -2.03. The lowest BCUT2D eigenvalue weighted by Crippen LogP contribution is -2.34. The fourth-order valence-corrected chi connectivity index (χ4v) is 1.07. The molecule has 2 unspecified atom stereocenters. The van der Waals surface area contributed by atoms with Gasteiger partial charge in [0, 0.05) is 0 Å². The van der Waals surface area contributed by atoms with Gasteiger partial charge in [0.15, 0.2) is 0 Å². The summed E-state index contributed by atoms with van der Waals surface area (Å²) in [5, 5.41) is 11.3. The van der Waals surface area contributed by atoms with Crippen LogP contribution in [-0.2, 0) is 4.79 Å². The third kappa shape index (κ3) is 1.28. The van der Waals surface area contributed by atoms with Crippen LogP contribution in [0.25, 0.3) is 0 Å². The molecule has 1 saturated heterocycles. The minimum absolute atomic E-state index is 0.0406. The fourth-order valence-electron chi connectivity index (χ4n) is 1.07. The molecule has 0 saturated carbocycles. The van der Waals surface area contributed by atoms with Crippen LogP contribution in [0.15, 0.2) is 0 Å². The third-order valence-electron chi connectivity index (χ3n) is 1.65. The van der Waals surface area contributed by atoms with Gasteiger partial charge in [-0.25, -0.2) is 0 Å². The molecule has 0 bridgehead atoms. The molecule has 0 aromatic carbocycles. The van der Waals surface area contributed by atoms with E-state index in [1.54, 1.807) is 0 Å². The number of carboxylic acid groups (broad SMARTS) is 1. The Hall–Kier alpha value is -1.01. The van der Waals surface area contributed by atoms with Gasteiger partial charge in [-0.1, -0.05) is 5.92 Å². The molecule has 0 aromatic heterocycles. The average molecular weight is 139 g/mol. The maximum Gasteiger partial charge on any atom is 0.320 e. The predicted octanol–water partition coefficient (Wildman–Crippen LogP) is -0.175. The SMILES string of the molecule is C#CC1CCC(C(=O)O)N1. The van der Waals surface area contributed by atoms with Crippen LogP contribution in [0, 0.1) is 12.3 Å². The van der Waals surface area contributed by atoms with E-state index < -0.39 is 12.0 Å². The standard InChI is InChI=1S/C7H9NO2/c1-2-5-3-4-6(8-5)7(9)10/h1,5-6,8H,3-4H2,(H,9,10). The number of terminal acetylenes is 1. The van der Waals surface area contributed by atoms with E-state index in [0.29, 0.717) is 6.42 Å². The molecule has 1 heterocycles. The molecule has 1 rings (SSSR count). The number of rotatable bonds is 1. The van der Waals surface area contributed by atoms with Crippen molar-refractivity contribution in [2.75, 3.05) is 0 Å². The van der Waals surface area contributed by atoms with Gasteiger partial charge in [0.25, 0.3) is 0 Å². The summed E-state index contributed by atoms with van der Waals surface area (Å²) in [7, 11) is 0. The minimum atomic E-state index is -0.808. The Balaban J connectivity index is 2.45. The van der Waals surface area contributed by atoms with E-state index in [-0.39, 0.29) is 6.04 Å². The molecule has 2 atom stereocenters. The van der Waals surface area contributed by atoms with E-state index in [1.807, 2.05) is 0 Å². The van der Waals surface area contributed by atoms with Crippen LogP contribution in [0.3, 0.4) is 0 Å². The highest BCUT2D eigenvalue weighted by atomic mass is 16.4. The van der Waals surface area contributed by atoms with Crippen molar-refractivity contribution < 1.29 is 9.90 Å². The highest BCUT2D eigenvalue weighted by Gasteiger charge is 2.26. The molecule has 3 nitrogen and oxygen atoms in total. The number of carboxylic acids is 1. The highest BCUT2D eigenvalue weighted by molar-refractivity contribution is 5.74. The molecular weight excluding hydrogens is 130 g/mol. The Kier molecular flexibility index (Phi) is 1.93. The largest absolute Gasteiger partial charge is 0.480 e. The Labute approximate surface area is 59.4 Å². The van der Waals surface area contributed by atoms with Gasteiger partial charge in [0.2, 0.25) is 0 Å². The van der Waals surface area contributed by atoms with Crippen molar-refractivity contribution >= 4 is 5.97 Å². The average Bonchev–Trinajstić information content (AvgIpc) is 2.34. The summed E-state index contributed by atoms with van der Waals surface area (Å²) < 4.78 is 0. The van der Waals surface area contributed by atoms with Crippen LogP contribution in [0.4, 0.5) is 0 Å². The number of nitrogens with one attached hydrogen (secondary N) is 1. The smallest absolute Gasteiger partial charge is 0.320 e. The first-order valence-corrected chi connectivity index (χ1v) is 3.19. The summed E-state index contributed by atoms with van der Waals surface area (Å²) >= 11 is 0. The Morgan fingerprint density at radius 1 is 1.70 bits per heavy atom. The Morgan fingerprint density at radius 2 is 2.40 bits per heavy atom. The molecule has 1 fully saturated rings. The Bertz CT molecular complexity index is 183. The predicted molar refractivity (Wildman–Crippen MR) is 36.4 cm³/mol. The first-order chi connectivity index (χ1) is 4.74. The summed E-state index contributed by atoms with van der Waals surface area (Å²) in [6, 6.07) is -0.470. The summed E-state index contributed by atoms with van der Waals surface area (Å²) in [5.74, 6) is 1.67. The van der Waals surface area contributed by atoms with Crippen LogP contribution < -0.4 is 5.32 Å². The molecular formula is C7H9NO2. The number of carbonyl (C=O) groups is 1. The molecule has 2 N–H and O–H groups in total. The first kappa shape index (κ1) is 7.10. The fraction of sp³-hybridized carbons (Fsp3) is 0.571. The van der Waals surface area contributed by atoms with Crippen molar-refractivity contribution in [3.8, 4) is 12.3 Å². The molecule has 0 aromatic rings. The summed E-state index contributed by atoms with van der Waals surface area (Å²) in [4.78, 5) is 10.3. The van der Waals surface area contributed by atoms with Crippen molar-refractivity contribution in [3.05, 3.63) is 0 Å². The first-order valence-electron chi connectivity index (χ1n) is 3.19. The van der Waals surface area contributed by atoms with Gasteiger partial charge in [0.05, 0.1) is 6.04 Å². The van der Waals surface area contributed by atoms with E-state index in [9.17, 15) is 4.79 Å². The number of hydrogen-bond acceptors (Lipinski definition) is 2. The zero-order valence-corrected chi connectivity index (χ0v) is 5.50. The maximum absolute atomic E-state index is 10.3. The molecule has 1 aliphatic rings. The van der Waals surface area contributed by atoms with E-state index in [2.05, 4.69) is 11.2 Å². The normalized spacial score (nSPS) is 31.5. The van der Waals surface area contributed by atoms with Gasteiger partial charge in [-0.15, -0.1) is 6.42 Å². The van der Waals surface area contributed by atoms with Gasteiger partial charge >= 0.3 is 5.97 Å². The van der Waals surface area contributed by atoms with Crippen molar-refractivity contribution in [2.24, 2.45) is 0 Å². The lowest BCUT2D eigenvalue weighted by atomic mass is 10.2. The monoisotopic (exact) mass is 139 g/mol. The molecule has 0 radical (unpaired) electrons.